The van der Waals surface area contributed by atoms with Gasteiger partial charge in [0.1, 0.15) is 10.6 Å². The number of fused-ring (bicyclic) bond motifs is 1. The Morgan fingerprint density at radius 2 is 2.05 bits per heavy atom. The van der Waals surface area contributed by atoms with E-state index >= 15 is 0 Å². The molecule has 0 radical (unpaired) electrons. The van der Waals surface area contributed by atoms with E-state index in [0.29, 0.717) is 12.5 Å². The molecule has 5 nitrogen and oxygen atoms in total. The number of hydrogen-bond donors (Lipinski definition) is 2. The fourth-order valence-corrected chi connectivity index (χ4v) is 2.74. The summed E-state index contributed by atoms with van der Waals surface area (Å²) in [5, 5.41) is 7.74. The van der Waals surface area contributed by atoms with Crippen LogP contribution in [-0.4, -0.2) is 35.8 Å². The molecule has 0 aliphatic rings. The van der Waals surface area contributed by atoms with Crippen molar-refractivity contribution < 1.29 is 4.74 Å². The van der Waals surface area contributed by atoms with E-state index in [-0.39, 0.29) is 5.60 Å². The first-order chi connectivity index (χ1) is 9.95. The molecule has 0 aromatic carbocycles. The minimum atomic E-state index is -0.237. The van der Waals surface area contributed by atoms with Gasteiger partial charge in [-0.3, -0.25) is 0 Å². The molecule has 6 heteroatoms. The second-order valence-corrected chi connectivity index (χ2v) is 6.95. The van der Waals surface area contributed by atoms with Gasteiger partial charge in [0, 0.05) is 25.1 Å². The molecule has 0 atom stereocenters. The molecule has 0 fully saturated rings. The molecule has 21 heavy (non-hydrogen) atoms. The number of nitrogens with zero attached hydrogens (tertiary/aromatic N) is 2. The van der Waals surface area contributed by atoms with Crippen LogP contribution in [0.3, 0.4) is 0 Å². The van der Waals surface area contributed by atoms with E-state index < -0.39 is 0 Å². The number of rotatable bonds is 7. The number of aromatic nitrogens is 2. The van der Waals surface area contributed by atoms with Crippen molar-refractivity contribution in [1.29, 1.82) is 0 Å². The molecular weight excluding hydrogens is 284 g/mol. The lowest BCUT2D eigenvalue weighted by molar-refractivity contribution is 0.0343. The summed E-state index contributed by atoms with van der Waals surface area (Å²) in [7, 11) is 1.72. The lowest BCUT2D eigenvalue weighted by Gasteiger charge is -2.23. The molecule has 0 amide bonds. The lowest BCUT2D eigenvalue weighted by Crippen LogP contribution is -2.32. The van der Waals surface area contributed by atoms with Gasteiger partial charge >= 0.3 is 0 Å². The van der Waals surface area contributed by atoms with E-state index in [0.717, 1.165) is 29.0 Å². The normalized spacial score (nSPS) is 11.9. The van der Waals surface area contributed by atoms with Gasteiger partial charge in [-0.15, -0.1) is 11.3 Å². The second-order valence-electron chi connectivity index (χ2n) is 5.72. The van der Waals surface area contributed by atoms with Crippen LogP contribution in [0.25, 0.3) is 10.2 Å². The van der Waals surface area contributed by atoms with E-state index in [9.17, 15) is 0 Å². The number of methoxy groups -OCH3 is 1. The number of nitrogens with one attached hydrogen (secondary N) is 2. The molecular formula is C15H24N4OS. The fraction of sp³-hybridized carbons (Fsp3) is 0.600. The summed E-state index contributed by atoms with van der Waals surface area (Å²) in [6.07, 6.45) is 1.05. The third-order valence-corrected chi connectivity index (χ3v) is 4.23. The summed E-state index contributed by atoms with van der Waals surface area (Å²) >= 11 is 1.69. The molecule has 0 bridgehead atoms. The summed E-state index contributed by atoms with van der Waals surface area (Å²) < 4.78 is 5.45. The van der Waals surface area contributed by atoms with E-state index in [1.807, 2.05) is 13.8 Å². The van der Waals surface area contributed by atoms with Gasteiger partial charge < -0.3 is 15.4 Å². The average Bonchev–Trinajstić information content (AvgIpc) is 2.83. The van der Waals surface area contributed by atoms with E-state index in [2.05, 4.69) is 40.5 Å². The highest BCUT2D eigenvalue weighted by Crippen LogP contribution is 2.30. The monoisotopic (exact) mass is 308 g/mol. The van der Waals surface area contributed by atoms with Crippen molar-refractivity contribution >= 4 is 33.3 Å². The highest BCUT2D eigenvalue weighted by atomic mass is 32.1. The lowest BCUT2D eigenvalue weighted by atomic mass is 10.1. The topological polar surface area (TPSA) is 59.1 Å². The van der Waals surface area contributed by atoms with Crippen LogP contribution < -0.4 is 10.6 Å². The Labute approximate surface area is 130 Å². The summed E-state index contributed by atoms with van der Waals surface area (Å²) in [6, 6.07) is 2.13. The summed E-state index contributed by atoms with van der Waals surface area (Å²) in [5.74, 6) is 1.55. The van der Waals surface area contributed by atoms with E-state index in [4.69, 9.17) is 4.74 Å². The van der Waals surface area contributed by atoms with Crippen molar-refractivity contribution in [1.82, 2.24) is 9.97 Å². The third kappa shape index (κ3) is 4.04. The molecule has 0 unspecified atom stereocenters. The number of anilines is 2. The molecule has 2 rings (SSSR count). The summed E-state index contributed by atoms with van der Waals surface area (Å²) in [5.41, 5.74) is -0.237. The van der Waals surface area contributed by atoms with E-state index in [1.165, 1.54) is 4.88 Å². The zero-order valence-electron chi connectivity index (χ0n) is 13.4. The Kier molecular flexibility index (Phi) is 5.00. The maximum absolute atomic E-state index is 5.45. The van der Waals surface area contributed by atoms with Gasteiger partial charge in [-0.05, 0) is 33.3 Å². The largest absolute Gasteiger partial charge is 0.377 e. The van der Waals surface area contributed by atoms with Crippen molar-refractivity contribution in [3.63, 3.8) is 0 Å². The molecule has 0 aliphatic carbocycles. The standard InChI is InChI=1S/C15H24N4OS/c1-6-7-16-14-18-12(17-9-15(3,4)20-5)11-8-10(2)21-13(11)19-14/h8H,6-7,9H2,1-5H3,(H2,16,17,18,19). The molecule has 2 heterocycles. The maximum Gasteiger partial charge on any atom is 0.226 e. The predicted octanol–water partition coefficient (Wildman–Crippen LogP) is 3.66. The highest BCUT2D eigenvalue weighted by Gasteiger charge is 2.18. The molecule has 2 N–H and O–H groups in total. The van der Waals surface area contributed by atoms with Crippen LogP contribution in [0, 0.1) is 6.92 Å². The summed E-state index contributed by atoms with van der Waals surface area (Å²) in [4.78, 5) is 11.4. The van der Waals surface area contributed by atoms with Crippen LogP contribution in [-0.2, 0) is 4.74 Å². The van der Waals surface area contributed by atoms with Gasteiger partial charge in [-0.2, -0.15) is 4.98 Å². The van der Waals surface area contributed by atoms with Gasteiger partial charge in [0.25, 0.3) is 0 Å². The zero-order valence-corrected chi connectivity index (χ0v) is 14.2. The third-order valence-electron chi connectivity index (χ3n) is 3.28. The second kappa shape index (κ2) is 6.58. The molecule has 116 valence electrons. The average molecular weight is 308 g/mol. The Morgan fingerprint density at radius 3 is 2.71 bits per heavy atom. The molecule has 0 saturated carbocycles. The maximum atomic E-state index is 5.45. The molecule has 2 aromatic heterocycles. The van der Waals surface area contributed by atoms with Gasteiger partial charge in [0.15, 0.2) is 0 Å². The van der Waals surface area contributed by atoms with Crippen molar-refractivity contribution in [3.8, 4) is 0 Å². The van der Waals surface area contributed by atoms with Crippen LogP contribution in [0.5, 0.6) is 0 Å². The van der Waals surface area contributed by atoms with Crippen LogP contribution in [0.15, 0.2) is 6.07 Å². The first kappa shape index (κ1) is 16.0. The number of aryl methyl sites for hydroxylation is 1. The quantitative estimate of drug-likeness (QED) is 0.817. The van der Waals surface area contributed by atoms with E-state index in [1.54, 1.807) is 18.4 Å². The Balaban J connectivity index is 2.30. The number of ether oxygens (including phenoxy) is 1. The van der Waals surface area contributed by atoms with Crippen LogP contribution in [0.1, 0.15) is 32.1 Å². The minimum Gasteiger partial charge on any atom is -0.377 e. The highest BCUT2D eigenvalue weighted by molar-refractivity contribution is 7.18. The molecule has 2 aromatic rings. The predicted molar refractivity (Wildman–Crippen MR) is 90.5 cm³/mol. The molecule has 0 spiro atoms. The van der Waals surface area contributed by atoms with Gasteiger partial charge in [-0.1, -0.05) is 6.92 Å². The van der Waals surface area contributed by atoms with Crippen LogP contribution in [0.4, 0.5) is 11.8 Å². The first-order valence-electron chi connectivity index (χ1n) is 7.26. The Morgan fingerprint density at radius 1 is 1.29 bits per heavy atom. The van der Waals surface area contributed by atoms with Gasteiger partial charge in [-0.25, -0.2) is 4.98 Å². The van der Waals surface area contributed by atoms with Crippen molar-refractivity contribution in [2.75, 3.05) is 30.8 Å². The summed E-state index contributed by atoms with van der Waals surface area (Å²) in [6.45, 7) is 9.88. The molecule has 0 saturated heterocycles. The Bertz CT molecular complexity index is 609. The molecule has 0 aliphatic heterocycles. The zero-order chi connectivity index (χ0) is 15.5. The fourth-order valence-electron chi connectivity index (χ4n) is 1.86. The first-order valence-corrected chi connectivity index (χ1v) is 8.08. The number of hydrogen-bond acceptors (Lipinski definition) is 6. The smallest absolute Gasteiger partial charge is 0.226 e. The number of thiophene rings is 1. The van der Waals surface area contributed by atoms with Crippen molar-refractivity contribution in [2.45, 2.75) is 39.7 Å². The van der Waals surface area contributed by atoms with Crippen molar-refractivity contribution in [2.24, 2.45) is 0 Å². The van der Waals surface area contributed by atoms with Gasteiger partial charge in [0.2, 0.25) is 5.95 Å². The van der Waals surface area contributed by atoms with Crippen LogP contribution in [0.2, 0.25) is 0 Å². The van der Waals surface area contributed by atoms with Crippen molar-refractivity contribution in [3.05, 3.63) is 10.9 Å². The van der Waals surface area contributed by atoms with Gasteiger partial charge in [0.05, 0.1) is 11.0 Å². The minimum absolute atomic E-state index is 0.237. The SMILES string of the molecule is CCCNc1nc(NCC(C)(C)OC)c2cc(C)sc2n1. The van der Waals surface area contributed by atoms with Crippen LogP contribution >= 0.6 is 11.3 Å². The Hall–Kier alpha value is -1.40.